The minimum absolute atomic E-state index is 0.642. The normalized spacial score (nSPS) is 13.8. The summed E-state index contributed by atoms with van der Waals surface area (Å²) >= 11 is 0. The summed E-state index contributed by atoms with van der Waals surface area (Å²) < 4.78 is 0. The van der Waals surface area contributed by atoms with Gasteiger partial charge in [0.25, 0.3) is 0 Å². The van der Waals surface area contributed by atoms with Crippen LogP contribution in [0.5, 0.6) is 0 Å². The summed E-state index contributed by atoms with van der Waals surface area (Å²) in [6.07, 6.45) is 4.65. The number of aromatic nitrogens is 1. The fourth-order valence-electron chi connectivity index (χ4n) is 1.21. The van der Waals surface area contributed by atoms with Crippen LogP contribution in [0.2, 0.25) is 0 Å². The molecule has 0 aliphatic carbocycles. The van der Waals surface area contributed by atoms with Gasteiger partial charge in [-0.15, -0.1) is 0 Å². The van der Waals surface area contributed by atoms with Crippen LogP contribution in [0, 0.1) is 0 Å². The number of carbonyl (C=O) groups is 1. The molecule has 0 atom stereocenters. The van der Waals surface area contributed by atoms with Crippen LogP contribution in [-0.4, -0.2) is 11.3 Å². The molecule has 56 valence electrons. The second-order valence-electron chi connectivity index (χ2n) is 2.49. The van der Waals surface area contributed by atoms with E-state index in [1.54, 1.807) is 0 Å². The van der Waals surface area contributed by atoms with Crippen molar-refractivity contribution in [1.29, 1.82) is 0 Å². The zero-order valence-electron chi connectivity index (χ0n) is 5.92. The molecule has 0 spiro atoms. The third-order valence-corrected chi connectivity index (χ3v) is 1.74. The zero-order valence-corrected chi connectivity index (χ0v) is 5.92. The summed E-state index contributed by atoms with van der Waals surface area (Å²) in [6.45, 7) is 0.777. The number of aldehydes is 1. The first-order chi connectivity index (χ1) is 5.40. The van der Waals surface area contributed by atoms with Crippen LogP contribution in [-0.2, 0) is 6.54 Å². The van der Waals surface area contributed by atoms with Crippen molar-refractivity contribution in [1.82, 2.24) is 10.3 Å². The van der Waals surface area contributed by atoms with E-state index in [0.29, 0.717) is 5.69 Å². The molecule has 0 fully saturated rings. The van der Waals surface area contributed by atoms with E-state index in [1.807, 2.05) is 18.3 Å². The largest absolute Gasteiger partial charge is 0.385 e. The molecule has 1 aromatic rings. The maximum Gasteiger partial charge on any atom is 0.166 e. The molecule has 0 unspecified atom stereocenters. The highest BCUT2D eigenvalue weighted by Crippen LogP contribution is 2.14. The fraction of sp³-hybridized carbons (Fsp3) is 0.125. The van der Waals surface area contributed by atoms with Crippen molar-refractivity contribution >= 4 is 12.4 Å². The minimum Gasteiger partial charge on any atom is -0.385 e. The Bertz CT molecular complexity index is 312. The Morgan fingerprint density at radius 2 is 2.45 bits per heavy atom. The highest BCUT2D eigenvalue weighted by molar-refractivity contribution is 5.75. The van der Waals surface area contributed by atoms with Crippen molar-refractivity contribution in [2.24, 2.45) is 0 Å². The van der Waals surface area contributed by atoms with E-state index in [9.17, 15) is 4.79 Å². The zero-order chi connectivity index (χ0) is 7.68. The molecule has 0 saturated carbocycles. The number of fused-ring (bicyclic) bond motifs is 1. The number of aromatic amines is 1. The van der Waals surface area contributed by atoms with Gasteiger partial charge in [-0.2, -0.15) is 0 Å². The summed E-state index contributed by atoms with van der Waals surface area (Å²) in [5.74, 6) is 0. The predicted molar refractivity (Wildman–Crippen MR) is 42.1 cm³/mol. The Morgan fingerprint density at radius 3 is 3.18 bits per heavy atom. The second-order valence-corrected chi connectivity index (χ2v) is 2.49. The Hall–Kier alpha value is -1.51. The molecule has 3 heteroatoms. The molecule has 3 nitrogen and oxygen atoms in total. The number of nitrogens with one attached hydrogen (secondary N) is 2. The van der Waals surface area contributed by atoms with Crippen LogP contribution in [0.15, 0.2) is 12.3 Å². The lowest BCUT2D eigenvalue weighted by atomic mass is 10.2. The van der Waals surface area contributed by atoms with Gasteiger partial charge < -0.3 is 10.3 Å². The number of H-pyrrole nitrogens is 1. The van der Waals surface area contributed by atoms with Gasteiger partial charge in [-0.1, -0.05) is 0 Å². The molecule has 0 bridgehead atoms. The summed E-state index contributed by atoms with van der Waals surface area (Å²) in [7, 11) is 0. The second kappa shape index (κ2) is 2.27. The lowest BCUT2D eigenvalue weighted by molar-refractivity contribution is 0.111. The molecular formula is C8H8N2O. The Labute approximate surface area is 64.1 Å². The average molecular weight is 148 g/mol. The fourth-order valence-corrected chi connectivity index (χ4v) is 1.21. The molecule has 1 aromatic heterocycles. The number of hydrogen-bond donors (Lipinski definition) is 2. The van der Waals surface area contributed by atoms with Crippen molar-refractivity contribution in [2.75, 3.05) is 0 Å². The third kappa shape index (κ3) is 0.941. The molecule has 0 radical (unpaired) electrons. The summed E-state index contributed by atoms with van der Waals surface area (Å²) in [5.41, 5.74) is 2.82. The Morgan fingerprint density at radius 1 is 1.55 bits per heavy atom. The molecule has 0 aromatic carbocycles. The highest BCUT2D eigenvalue weighted by atomic mass is 16.1. The topological polar surface area (TPSA) is 44.9 Å². The van der Waals surface area contributed by atoms with Crippen LogP contribution in [0.25, 0.3) is 6.08 Å². The maximum absolute atomic E-state index is 10.3. The van der Waals surface area contributed by atoms with E-state index < -0.39 is 0 Å². The van der Waals surface area contributed by atoms with Crippen molar-refractivity contribution in [2.45, 2.75) is 6.54 Å². The van der Waals surface area contributed by atoms with Crippen LogP contribution in [0.3, 0.4) is 0 Å². The Kier molecular flexibility index (Phi) is 1.28. The van der Waals surface area contributed by atoms with Gasteiger partial charge in [-0.3, -0.25) is 4.79 Å². The third-order valence-electron chi connectivity index (χ3n) is 1.74. The summed E-state index contributed by atoms with van der Waals surface area (Å²) in [4.78, 5) is 13.4. The van der Waals surface area contributed by atoms with E-state index in [0.717, 1.165) is 24.1 Å². The molecule has 1 aliphatic rings. The van der Waals surface area contributed by atoms with Gasteiger partial charge in [-0.25, -0.2) is 0 Å². The first-order valence-corrected chi connectivity index (χ1v) is 3.47. The van der Waals surface area contributed by atoms with Crippen LogP contribution >= 0.6 is 0 Å². The van der Waals surface area contributed by atoms with Gasteiger partial charge in [0.15, 0.2) is 6.29 Å². The molecule has 0 saturated heterocycles. The van der Waals surface area contributed by atoms with Gasteiger partial charge in [0.1, 0.15) is 0 Å². The molecular weight excluding hydrogens is 140 g/mol. The number of carbonyl (C=O) groups excluding carboxylic acids is 1. The standard InChI is InChI=1S/C8H8N2O/c11-5-7-3-6-1-2-9-4-8(6)10-7/h1-3,5,9-10H,4H2. The van der Waals surface area contributed by atoms with Crippen LogP contribution < -0.4 is 5.32 Å². The lowest BCUT2D eigenvalue weighted by Crippen LogP contribution is -2.09. The average Bonchev–Trinajstić information content (AvgIpc) is 2.46. The molecule has 2 heterocycles. The van der Waals surface area contributed by atoms with Crippen LogP contribution in [0.1, 0.15) is 21.7 Å². The van der Waals surface area contributed by atoms with Gasteiger partial charge in [0.2, 0.25) is 0 Å². The van der Waals surface area contributed by atoms with E-state index >= 15 is 0 Å². The SMILES string of the molecule is O=Cc1cc2c([nH]1)CNC=C2. The summed E-state index contributed by atoms with van der Waals surface area (Å²) in [5, 5.41) is 3.05. The van der Waals surface area contributed by atoms with Gasteiger partial charge in [-0.05, 0) is 23.9 Å². The molecule has 0 amide bonds. The van der Waals surface area contributed by atoms with Gasteiger partial charge in [0.05, 0.1) is 12.2 Å². The van der Waals surface area contributed by atoms with E-state index in [1.165, 1.54) is 0 Å². The molecule has 2 rings (SSSR count). The lowest BCUT2D eigenvalue weighted by Gasteiger charge is -2.05. The number of rotatable bonds is 1. The van der Waals surface area contributed by atoms with E-state index in [4.69, 9.17) is 0 Å². The smallest absolute Gasteiger partial charge is 0.166 e. The van der Waals surface area contributed by atoms with E-state index in [2.05, 4.69) is 10.3 Å². The monoisotopic (exact) mass is 148 g/mol. The van der Waals surface area contributed by atoms with Gasteiger partial charge in [0, 0.05) is 5.69 Å². The van der Waals surface area contributed by atoms with Crippen molar-refractivity contribution in [3.63, 3.8) is 0 Å². The first-order valence-electron chi connectivity index (χ1n) is 3.47. The van der Waals surface area contributed by atoms with Crippen molar-refractivity contribution in [3.05, 3.63) is 29.2 Å². The predicted octanol–water partition coefficient (Wildman–Crippen LogP) is 0.901. The van der Waals surface area contributed by atoms with E-state index in [-0.39, 0.29) is 0 Å². The molecule has 1 aliphatic heterocycles. The van der Waals surface area contributed by atoms with Crippen LogP contribution in [0.4, 0.5) is 0 Å². The molecule has 11 heavy (non-hydrogen) atoms. The van der Waals surface area contributed by atoms with Gasteiger partial charge >= 0.3 is 0 Å². The van der Waals surface area contributed by atoms with Crippen molar-refractivity contribution < 1.29 is 4.79 Å². The van der Waals surface area contributed by atoms with Crippen molar-refractivity contribution in [3.8, 4) is 0 Å². The Balaban J connectivity index is 2.49. The highest BCUT2D eigenvalue weighted by Gasteiger charge is 2.06. The first kappa shape index (κ1) is 6.22. The minimum atomic E-state index is 0.642. The quantitative estimate of drug-likeness (QED) is 0.581. The molecule has 2 N–H and O–H groups in total. The maximum atomic E-state index is 10.3. The number of hydrogen-bond acceptors (Lipinski definition) is 2. The summed E-state index contributed by atoms with van der Waals surface area (Å²) in [6, 6.07) is 1.85.